The molecule has 1 aliphatic carbocycles. The molecule has 4 heteroatoms. The zero-order valence-corrected chi connectivity index (χ0v) is 14.2. The first-order valence-corrected chi connectivity index (χ1v) is 8.63. The van der Waals surface area contributed by atoms with Crippen LogP contribution in [0.1, 0.15) is 52.9 Å². The third-order valence-electron chi connectivity index (χ3n) is 5.56. The van der Waals surface area contributed by atoms with E-state index in [1.807, 2.05) is 0 Å². The summed E-state index contributed by atoms with van der Waals surface area (Å²) in [5, 5.41) is 13.2. The van der Waals surface area contributed by atoms with Crippen LogP contribution in [0.15, 0.2) is 0 Å². The summed E-state index contributed by atoms with van der Waals surface area (Å²) in [6, 6.07) is 4.39. The quantitative estimate of drug-likeness (QED) is 0.863. The second-order valence-corrected chi connectivity index (χ2v) is 7.19. The molecule has 2 aliphatic rings. The lowest BCUT2D eigenvalue weighted by atomic mass is 9.78. The van der Waals surface area contributed by atoms with E-state index in [0.29, 0.717) is 18.1 Å². The van der Waals surface area contributed by atoms with Crippen molar-refractivity contribution in [3.8, 4) is 6.07 Å². The summed E-state index contributed by atoms with van der Waals surface area (Å²) >= 11 is 0. The number of rotatable bonds is 4. The normalized spacial score (nSPS) is 39.1. The van der Waals surface area contributed by atoms with Crippen LogP contribution in [-0.4, -0.2) is 60.1 Å². The highest BCUT2D eigenvalue weighted by atomic mass is 15.3. The van der Waals surface area contributed by atoms with Crippen molar-refractivity contribution in [2.75, 3.05) is 26.7 Å². The standard InChI is InChI=1S/C17H32N4/c1-5-9-19-17(13-18)8-6-7-16(10-17)21-11-14(2)20(4)15(3)12-21/h14-16,19H,5-12H2,1-4H3. The van der Waals surface area contributed by atoms with Crippen molar-refractivity contribution >= 4 is 0 Å². The number of piperazine rings is 1. The van der Waals surface area contributed by atoms with Gasteiger partial charge < -0.3 is 0 Å². The van der Waals surface area contributed by atoms with E-state index >= 15 is 0 Å². The van der Waals surface area contributed by atoms with Crippen LogP contribution < -0.4 is 5.32 Å². The van der Waals surface area contributed by atoms with Crippen molar-refractivity contribution < 1.29 is 0 Å². The van der Waals surface area contributed by atoms with Gasteiger partial charge in [-0.2, -0.15) is 5.26 Å². The molecule has 0 aromatic rings. The maximum atomic E-state index is 9.69. The summed E-state index contributed by atoms with van der Waals surface area (Å²) in [6.45, 7) is 10.0. The summed E-state index contributed by atoms with van der Waals surface area (Å²) in [6.07, 6.45) is 5.52. The molecule has 2 fully saturated rings. The number of hydrogen-bond acceptors (Lipinski definition) is 4. The van der Waals surface area contributed by atoms with Crippen molar-refractivity contribution in [3.63, 3.8) is 0 Å². The van der Waals surface area contributed by atoms with E-state index in [1.165, 1.54) is 12.8 Å². The van der Waals surface area contributed by atoms with Crippen LogP contribution in [0.25, 0.3) is 0 Å². The molecular formula is C17H32N4. The van der Waals surface area contributed by atoms with E-state index in [4.69, 9.17) is 0 Å². The predicted octanol–water partition coefficient (Wildman–Crippen LogP) is 2.22. The Bertz CT molecular complexity index is 365. The minimum absolute atomic E-state index is 0.283. The van der Waals surface area contributed by atoms with Gasteiger partial charge >= 0.3 is 0 Å². The molecule has 1 N–H and O–H groups in total. The van der Waals surface area contributed by atoms with Gasteiger partial charge in [0.1, 0.15) is 5.54 Å². The Kier molecular flexibility index (Phi) is 5.65. The number of hydrogen-bond donors (Lipinski definition) is 1. The molecule has 0 aromatic carbocycles. The average molecular weight is 292 g/mol. The predicted molar refractivity (Wildman–Crippen MR) is 87.2 cm³/mol. The first-order valence-electron chi connectivity index (χ1n) is 8.63. The van der Waals surface area contributed by atoms with Crippen LogP contribution in [0.4, 0.5) is 0 Å². The summed E-state index contributed by atoms with van der Waals surface area (Å²) < 4.78 is 0. The van der Waals surface area contributed by atoms with Gasteiger partial charge in [-0.3, -0.25) is 15.1 Å². The highest BCUT2D eigenvalue weighted by molar-refractivity contribution is 5.11. The average Bonchev–Trinajstić information content (AvgIpc) is 2.50. The van der Waals surface area contributed by atoms with Gasteiger partial charge in [0, 0.05) is 31.2 Å². The SMILES string of the molecule is CCCNC1(C#N)CCCC(N2CC(C)N(C)C(C)C2)C1. The molecule has 4 nitrogen and oxygen atoms in total. The maximum Gasteiger partial charge on any atom is 0.108 e. The zero-order chi connectivity index (χ0) is 15.5. The first kappa shape index (κ1) is 16.7. The van der Waals surface area contributed by atoms with Crippen molar-refractivity contribution in [2.45, 2.75) is 76.5 Å². The Balaban J connectivity index is 2.02. The number of nitrogens with one attached hydrogen (secondary N) is 1. The highest BCUT2D eigenvalue weighted by Crippen LogP contribution is 2.32. The molecule has 1 saturated heterocycles. The molecule has 0 aromatic heterocycles. The lowest BCUT2D eigenvalue weighted by Crippen LogP contribution is -2.60. The van der Waals surface area contributed by atoms with Gasteiger partial charge in [-0.05, 0) is 59.5 Å². The van der Waals surface area contributed by atoms with Gasteiger partial charge in [0.2, 0.25) is 0 Å². The van der Waals surface area contributed by atoms with Crippen LogP contribution in [0.3, 0.4) is 0 Å². The number of nitrogens with zero attached hydrogens (tertiary/aromatic N) is 3. The van der Waals surface area contributed by atoms with E-state index in [2.05, 4.69) is 49.0 Å². The molecule has 1 saturated carbocycles. The van der Waals surface area contributed by atoms with Gasteiger partial charge in [0.15, 0.2) is 0 Å². The van der Waals surface area contributed by atoms with E-state index < -0.39 is 0 Å². The molecule has 0 radical (unpaired) electrons. The first-order chi connectivity index (χ1) is 10.0. The zero-order valence-electron chi connectivity index (χ0n) is 14.2. The minimum Gasteiger partial charge on any atom is -0.299 e. The molecule has 4 unspecified atom stereocenters. The third-order valence-corrected chi connectivity index (χ3v) is 5.56. The summed E-state index contributed by atoms with van der Waals surface area (Å²) in [4.78, 5) is 5.13. The molecule has 120 valence electrons. The minimum atomic E-state index is -0.283. The van der Waals surface area contributed by atoms with Gasteiger partial charge in [-0.15, -0.1) is 0 Å². The largest absolute Gasteiger partial charge is 0.299 e. The smallest absolute Gasteiger partial charge is 0.108 e. The summed E-state index contributed by atoms with van der Waals surface area (Å²) in [7, 11) is 2.23. The second-order valence-electron chi connectivity index (χ2n) is 7.19. The monoisotopic (exact) mass is 292 g/mol. The fourth-order valence-corrected chi connectivity index (χ4v) is 3.97. The Morgan fingerprint density at radius 1 is 1.29 bits per heavy atom. The van der Waals surface area contributed by atoms with Gasteiger partial charge in [-0.25, -0.2) is 0 Å². The summed E-state index contributed by atoms with van der Waals surface area (Å²) in [5.41, 5.74) is -0.283. The molecular weight excluding hydrogens is 260 g/mol. The number of likely N-dealkylation sites (N-methyl/N-ethyl adjacent to an activating group) is 1. The Morgan fingerprint density at radius 3 is 2.52 bits per heavy atom. The van der Waals surface area contributed by atoms with E-state index in [0.717, 1.165) is 38.9 Å². The number of nitriles is 1. The van der Waals surface area contributed by atoms with E-state index in [9.17, 15) is 5.26 Å². The molecule has 21 heavy (non-hydrogen) atoms. The lowest BCUT2D eigenvalue weighted by Gasteiger charge is -2.48. The topological polar surface area (TPSA) is 42.3 Å². The van der Waals surface area contributed by atoms with Crippen LogP contribution in [0, 0.1) is 11.3 Å². The summed E-state index contributed by atoms with van der Waals surface area (Å²) in [5.74, 6) is 0. The lowest BCUT2D eigenvalue weighted by molar-refractivity contribution is 0.0141. The van der Waals surface area contributed by atoms with E-state index in [-0.39, 0.29) is 5.54 Å². The molecule has 4 atom stereocenters. The van der Waals surface area contributed by atoms with Gasteiger partial charge in [0.05, 0.1) is 6.07 Å². The van der Waals surface area contributed by atoms with Crippen molar-refractivity contribution in [1.82, 2.24) is 15.1 Å². The Labute approximate surface area is 130 Å². The molecule has 2 rings (SSSR count). The molecule has 0 amide bonds. The van der Waals surface area contributed by atoms with Crippen LogP contribution in [-0.2, 0) is 0 Å². The highest BCUT2D eigenvalue weighted by Gasteiger charge is 2.40. The van der Waals surface area contributed by atoms with Crippen molar-refractivity contribution in [1.29, 1.82) is 5.26 Å². The molecule has 0 bridgehead atoms. The van der Waals surface area contributed by atoms with Gasteiger partial charge in [-0.1, -0.05) is 6.92 Å². The van der Waals surface area contributed by atoms with E-state index in [1.54, 1.807) is 0 Å². The molecule has 1 aliphatic heterocycles. The van der Waals surface area contributed by atoms with Crippen LogP contribution in [0.2, 0.25) is 0 Å². The Hall–Kier alpha value is -0.630. The molecule has 0 spiro atoms. The Morgan fingerprint density at radius 2 is 1.95 bits per heavy atom. The van der Waals surface area contributed by atoms with Gasteiger partial charge in [0.25, 0.3) is 0 Å². The van der Waals surface area contributed by atoms with Crippen molar-refractivity contribution in [3.05, 3.63) is 0 Å². The fourth-order valence-electron chi connectivity index (χ4n) is 3.97. The van der Waals surface area contributed by atoms with Crippen LogP contribution in [0.5, 0.6) is 0 Å². The maximum absolute atomic E-state index is 9.69. The second kappa shape index (κ2) is 7.09. The fraction of sp³-hybridized carbons (Fsp3) is 0.941. The van der Waals surface area contributed by atoms with Crippen LogP contribution >= 0.6 is 0 Å². The van der Waals surface area contributed by atoms with Crippen molar-refractivity contribution in [2.24, 2.45) is 0 Å². The third kappa shape index (κ3) is 3.77. The molecule has 1 heterocycles.